The van der Waals surface area contributed by atoms with Crippen LogP contribution in [0, 0.1) is 25.2 Å². The summed E-state index contributed by atoms with van der Waals surface area (Å²) in [6.45, 7) is 4.03. The van der Waals surface area contributed by atoms with Crippen LogP contribution in [0.2, 0.25) is 0 Å². The van der Waals surface area contributed by atoms with Gasteiger partial charge < -0.3 is 9.30 Å². The molecule has 0 saturated carbocycles. The monoisotopic (exact) mass is 282 g/mol. The number of nitrogens with zero attached hydrogens (tertiary/aromatic N) is 2. The SMILES string of the molecule is COC(=O)C[C@@H](c1ccc(C#N)cc1)n1c(C)ccc1C. The van der Waals surface area contributed by atoms with Gasteiger partial charge in [0.05, 0.1) is 31.2 Å². The van der Waals surface area contributed by atoms with Gasteiger partial charge in [-0.05, 0) is 43.7 Å². The number of carbonyl (C=O) groups is 1. The number of nitriles is 1. The molecule has 0 unspecified atom stereocenters. The van der Waals surface area contributed by atoms with E-state index in [0.717, 1.165) is 17.0 Å². The topological polar surface area (TPSA) is 55.0 Å². The van der Waals surface area contributed by atoms with Crippen molar-refractivity contribution in [3.63, 3.8) is 0 Å². The molecule has 0 amide bonds. The highest BCUT2D eigenvalue weighted by molar-refractivity contribution is 5.70. The summed E-state index contributed by atoms with van der Waals surface area (Å²) in [5.74, 6) is -0.253. The summed E-state index contributed by atoms with van der Waals surface area (Å²) in [6.07, 6.45) is 0.263. The number of hydrogen-bond acceptors (Lipinski definition) is 3. The van der Waals surface area contributed by atoms with E-state index in [1.165, 1.54) is 7.11 Å². The van der Waals surface area contributed by atoms with Gasteiger partial charge in [0.25, 0.3) is 0 Å². The van der Waals surface area contributed by atoms with Crippen molar-refractivity contribution in [2.75, 3.05) is 7.11 Å². The molecular weight excluding hydrogens is 264 g/mol. The zero-order valence-electron chi connectivity index (χ0n) is 12.5. The van der Waals surface area contributed by atoms with E-state index in [1.807, 2.05) is 38.1 Å². The standard InChI is InChI=1S/C17H18N2O2/c1-12-4-5-13(2)19(12)16(10-17(20)21-3)15-8-6-14(11-18)7-9-15/h4-9,16H,10H2,1-3H3/t16-/m0/s1. The molecule has 1 aromatic carbocycles. The smallest absolute Gasteiger partial charge is 0.307 e. The highest BCUT2D eigenvalue weighted by Gasteiger charge is 2.20. The lowest BCUT2D eigenvalue weighted by Gasteiger charge is -2.22. The number of carbonyl (C=O) groups excluding carboxylic acids is 1. The quantitative estimate of drug-likeness (QED) is 0.809. The van der Waals surface area contributed by atoms with Crippen LogP contribution < -0.4 is 0 Å². The molecule has 0 spiro atoms. The lowest BCUT2D eigenvalue weighted by molar-refractivity contribution is -0.141. The van der Waals surface area contributed by atoms with Crippen LogP contribution in [0.1, 0.15) is 35.0 Å². The van der Waals surface area contributed by atoms with Crippen LogP contribution in [0.3, 0.4) is 0 Å². The number of esters is 1. The Bertz CT molecular complexity index is 658. The van der Waals surface area contributed by atoms with Crippen molar-refractivity contribution in [3.05, 3.63) is 58.9 Å². The second kappa shape index (κ2) is 6.27. The fourth-order valence-electron chi connectivity index (χ4n) is 2.55. The molecule has 1 heterocycles. The maximum absolute atomic E-state index is 11.7. The minimum absolute atomic E-state index is 0.125. The number of aromatic nitrogens is 1. The Morgan fingerprint density at radius 2 is 1.76 bits per heavy atom. The normalized spacial score (nSPS) is 11.7. The van der Waals surface area contributed by atoms with Gasteiger partial charge in [-0.15, -0.1) is 0 Å². The van der Waals surface area contributed by atoms with Crippen LogP contribution in [0.5, 0.6) is 0 Å². The van der Waals surface area contributed by atoms with Gasteiger partial charge in [0.1, 0.15) is 0 Å². The Balaban J connectivity index is 2.45. The molecular formula is C17H18N2O2. The minimum Gasteiger partial charge on any atom is -0.469 e. The van der Waals surface area contributed by atoms with Gasteiger partial charge in [-0.3, -0.25) is 4.79 Å². The highest BCUT2D eigenvalue weighted by atomic mass is 16.5. The molecule has 1 aromatic heterocycles. The Labute approximate surface area is 124 Å². The third kappa shape index (κ3) is 3.14. The first-order chi connectivity index (χ1) is 10.1. The van der Waals surface area contributed by atoms with Crippen molar-refractivity contribution < 1.29 is 9.53 Å². The average molecular weight is 282 g/mol. The Morgan fingerprint density at radius 1 is 1.19 bits per heavy atom. The van der Waals surface area contributed by atoms with Crippen molar-refractivity contribution in [3.8, 4) is 6.07 Å². The minimum atomic E-state index is -0.253. The molecule has 0 aliphatic rings. The summed E-state index contributed by atoms with van der Waals surface area (Å²) in [4.78, 5) is 11.7. The van der Waals surface area contributed by atoms with Crippen molar-refractivity contribution in [1.29, 1.82) is 5.26 Å². The van der Waals surface area contributed by atoms with E-state index < -0.39 is 0 Å². The fourth-order valence-corrected chi connectivity index (χ4v) is 2.55. The molecule has 4 heteroatoms. The predicted octanol–water partition coefficient (Wildman–Crippen LogP) is 3.13. The van der Waals surface area contributed by atoms with Crippen LogP contribution in [0.4, 0.5) is 0 Å². The summed E-state index contributed by atoms with van der Waals surface area (Å²) >= 11 is 0. The van der Waals surface area contributed by atoms with Crippen LogP contribution in [-0.2, 0) is 9.53 Å². The van der Waals surface area contributed by atoms with Crippen LogP contribution in [-0.4, -0.2) is 17.6 Å². The number of benzene rings is 1. The zero-order valence-corrected chi connectivity index (χ0v) is 12.5. The molecule has 2 aromatic rings. The molecule has 1 atom stereocenters. The van der Waals surface area contributed by atoms with Crippen LogP contribution in [0.15, 0.2) is 36.4 Å². The summed E-state index contributed by atoms with van der Waals surface area (Å²) < 4.78 is 6.94. The van der Waals surface area contributed by atoms with Gasteiger partial charge >= 0.3 is 5.97 Å². The van der Waals surface area contributed by atoms with Crippen molar-refractivity contribution in [1.82, 2.24) is 4.57 Å². The van der Waals surface area contributed by atoms with Crippen molar-refractivity contribution >= 4 is 5.97 Å². The number of ether oxygens (including phenoxy) is 1. The number of hydrogen-bond donors (Lipinski definition) is 0. The van der Waals surface area contributed by atoms with Crippen LogP contribution in [0.25, 0.3) is 0 Å². The molecule has 0 radical (unpaired) electrons. The molecule has 0 fully saturated rings. The zero-order chi connectivity index (χ0) is 15.4. The molecule has 0 saturated heterocycles. The van der Waals surface area contributed by atoms with E-state index in [0.29, 0.717) is 5.56 Å². The first-order valence-corrected chi connectivity index (χ1v) is 6.78. The van der Waals surface area contributed by atoms with Gasteiger partial charge in [0.2, 0.25) is 0 Å². The Morgan fingerprint density at radius 3 is 2.24 bits per heavy atom. The van der Waals surface area contributed by atoms with E-state index >= 15 is 0 Å². The lowest BCUT2D eigenvalue weighted by Crippen LogP contribution is -2.18. The predicted molar refractivity (Wildman–Crippen MR) is 79.8 cm³/mol. The van der Waals surface area contributed by atoms with Crippen LogP contribution >= 0.6 is 0 Å². The third-order valence-electron chi connectivity index (χ3n) is 3.65. The molecule has 21 heavy (non-hydrogen) atoms. The lowest BCUT2D eigenvalue weighted by atomic mass is 10.0. The summed E-state index contributed by atoms with van der Waals surface area (Å²) in [6, 6.07) is 13.4. The number of methoxy groups -OCH3 is 1. The number of aryl methyl sites for hydroxylation is 2. The molecule has 2 rings (SSSR count). The second-order valence-electron chi connectivity index (χ2n) is 5.02. The summed E-state index contributed by atoms with van der Waals surface area (Å²) in [7, 11) is 1.40. The summed E-state index contributed by atoms with van der Waals surface area (Å²) in [5.41, 5.74) is 3.77. The highest BCUT2D eigenvalue weighted by Crippen LogP contribution is 2.27. The Hall–Kier alpha value is -2.54. The molecule has 4 nitrogen and oxygen atoms in total. The van der Waals surface area contributed by atoms with E-state index in [9.17, 15) is 4.79 Å². The van der Waals surface area contributed by atoms with E-state index in [-0.39, 0.29) is 18.4 Å². The largest absolute Gasteiger partial charge is 0.469 e. The van der Waals surface area contributed by atoms with Crippen molar-refractivity contribution in [2.45, 2.75) is 26.3 Å². The van der Waals surface area contributed by atoms with Crippen molar-refractivity contribution in [2.24, 2.45) is 0 Å². The maximum Gasteiger partial charge on any atom is 0.307 e. The second-order valence-corrected chi connectivity index (χ2v) is 5.02. The average Bonchev–Trinajstić information content (AvgIpc) is 2.84. The first-order valence-electron chi connectivity index (χ1n) is 6.78. The van der Waals surface area contributed by atoms with E-state index in [4.69, 9.17) is 10.00 Å². The van der Waals surface area contributed by atoms with Gasteiger partial charge in [-0.2, -0.15) is 5.26 Å². The fraction of sp³-hybridized carbons (Fsp3) is 0.294. The molecule has 0 aliphatic heterocycles. The maximum atomic E-state index is 11.7. The molecule has 0 bridgehead atoms. The van der Waals surface area contributed by atoms with E-state index in [1.54, 1.807) is 12.1 Å². The van der Waals surface area contributed by atoms with Gasteiger partial charge in [-0.25, -0.2) is 0 Å². The Kier molecular flexibility index (Phi) is 4.44. The first kappa shape index (κ1) is 14.9. The summed E-state index contributed by atoms with van der Waals surface area (Å²) in [5, 5.41) is 8.89. The van der Waals surface area contributed by atoms with Gasteiger partial charge in [0, 0.05) is 11.4 Å². The molecule has 0 N–H and O–H groups in total. The third-order valence-corrected chi connectivity index (χ3v) is 3.65. The van der Waals surface area contributed by atoms with Gasteiger partial charge in [-0.1, -0.05) is 12.1 Å². The molecule has 108 valence electrons. The van der Waals surface area contributed by atoms with E-state index in [2.05, 4.69) is 10.6 Å². The van der Waals surface area contributed by atoms with Gasteiger partial charge in [0.15, 0.2) is 0 Å². The number of rotatable bonds is 4. The molecule has 0 aliphatic carbocycles.